The Morgan fingerprint density at radius 3 is 2.81 bits per heavy atom. The molecule has 0 saturated heterocycles. The van der Waals surface area contributed by atoms with Crippen LogP contribution >= 0.6 is 0 Å². The first kappa shape index (κ1) is 12.1. The molecule has 0 radical (unpaired) electrons. The van der Waals surface area contributed by atoms with Crippen molar-refractivity contribution in [3.63, 3.8) is 0 Å². The number of aliphatic hydroxyl groups excluding tert-OH is 1. The summed E-state index contributed by atoms with van der Waals surface area (Å²) >= 11 is 0. The van der Waals surface area contributed by atoms with Crippen molar-refractivity contribution in [3.05, 3.63) is 29.8 Å². The number of hydrogen-bond acceptors (Lipinski definition) is 4. The third-order valence-electron chi connectivity index (χ3n) is 1.80. The van der Waals surface area contributed by atoms with Gasteiger partial charge in [-0.25, -0.2) is 4.79 Å². The van der Waals surface area contributed by atoms with Crippen molar-refractivity contribution in [1.82, 2.24) is 0 Å². The molecule has 0 atom stereocenters. The van der Waals surface area contributed by atoms with E-state index in [9.17, 15) is 4.79 Å². The smallest absolute Gasteiger partial charge is 0.328 e. The van der Waals surface area contributed by atoms with E-state index in [0.717, 1.165) is 6.08 Å². The maximum atomic E-state index is 10.3. The highest BCUT2D eigenvalue weighted by atomic mass is 16.5. The molecule has 4 N–H and O–H groups in total. The van der Waals surface area contributed by atoms with Gasteiger partial charge in [-0.05, 0) is 23.8 Å². The topological polar surface area (TPSA) is 92.8 Å². The van der Waals surface area contributed by atoms with Gasteiger partial charge in [0.25, 0.3) is 0 Å². The lowest BCUT2D eigenvalue weighted by Crippen LogP contribution is -2.03. The number of ether oxygens (including phenoxy) is 1. The molecule has 16 heavy (non-hydrogen) atoms. The largest absolute Gasteiger partial charge is 0.489 e. The van der Waals surface area contributed by atoms with Crippen LogP contribution in [0.5, 0.6) is 5.75 Å². The molecule has 5 heteroatoms. The average Bonchev–Trinajstić information content (AvgIpc) is 2.25. The zero-order valence-electron chi connectivity index (χ0n) is 8.59. The number of hydrogen-bond donors (Lipinski definition) is 3. The number of benzene rings is 1. The van der Waals surface area contributed by atoms with Crippen LogP contribution in [0.3, 0.4) is 0 Å². The summed E-state index contributed by atoms with van der Waals surface area (Å²) in [5, 5.41) is 17.0. The van der Waals surface area contributed by atoms with Gasteiger partial charge < -0.3 is 20.7 Å². The normalized spacial score (nSPS) is 10.6. The van der Waals surface area contributed by atoms with Gasteiger partial charge in [-0.3, -0.25) is 0 Å². The van der Waals surface area contributed by atoms with Crippen molar-refractivity contribution in [2.45, 2.75) is 0 Å². The van der Waals surface area contributed by atoms with Gasteiger partial charge in [0.15, 0.2) is 0 Å². The van der Waals surface area contributed by atoms with Gasteiger partial charge >= 0.3 is 5.97 Å². The standard InChI is InChI=1S/C11H13NO4/c12-9-7-8(2-4-11(14)15)1-3-10(9)16-6-5-13/h1-4,7,13H,5-6,12H2,(H,14,15)/b4-2-. The molecule has 0 aromatic heterocycles. The van der Waals surface area contributed by atoms with Crippen LogP contribution in [0.1, 0.15) is 5.56 Å². The molecule has 0 heterocycles. The van der Waals surface area contributed by atoms with Gasteiger partial charge in [0, 0.05) is 6.08 Å². The predicted octanol–water partition coefficient (Wildman–Crippen LogP) is 0.738. The maximum Gasteiger partial charge on any atom is 0.328 e. The summed E-state index contributed by atoms with van der Waals surface area (Å²) in [5.74, 6) is -0.541. The SMILES string of the molecule is Nc1cc(/C=C\C(=O)O)ccc1OCCO. The van der Waals surface area contributed by atoms with Gasteiger partial charge in [0.2, 0.25) is 0 Å². The minimum atomic E-state index is -1.01. The molecule has 0 spiro atoms. The average molecular weight is 223 g/mol. The Balaban J connectivity index is 2.78. The summed E-state index contributed by atoms with van der Waals surface area (Å²) in [6.45, 7) is 0.0919. The third-order valence-corrected chi connectivity index (χ3v) is 1.80. The lowest BCUT2D eigenvalue weighted by Gasteiger charge is -2.07. The van der Waals surface area contributed by atoms with Crippen LogP contribution in [0, 0.1) is 0 Å². The molecular formula is C11H13NO4. The molecule has 0 saturated carbocycles. The number of carboxylic acid groups (broad SMARTS) is 1. The number of aliphatic carboxylic acids is 1. The molecule has 1 aromatic rings. The van der Waals surface area contributed by atoms with E-state index in [2.05, 4.69) is 0 Å². The van der Waals surface area contributed by atoms with Crippen LogP contribution in [0.25, 0.3) is 6.08 Å². The first-order chi connectivity index (χ1) is 7.63. The fourth-order valence-electron chi connectivity index (χ4n) is 1.13. The zero-order chi connectivity index (χ0) is 12.0. The van der Waals surface area contributed by atoms with E-state index in [4.69, 9.17) is 20.7 Å². The van der Waals surface area contributed by atoms with E-state index >= 15 is 0 Å². The molecule has 0 unspecified atom stereocenters. The molecule has 0 bridgehead atoms. The number of nitrogen functional groups attached to an aromatic ring is 1. The summed E-state index contributed by atoms with van der Waals surface area (Å²) in [6.07, 6.45) is 2.47. The van der Waals surface area contributed by atoms with Crippen LogP contribution in [-0.2, 0) is 4.79 Å². The van der Waals surface area contributed by atoms with E-state index < -0.39 is 5.97 Å². The number of aliphatic hydroxyl groups is 1. The van der Waals surface area contributed by atoms with Crippen molar-refractivity contribution in [2.24, 2.45) is 0 Å². The molecule has 86 valence electrons. The third kappa shape index (κ3) is 3.62. The van der Waals surface area contributed by atoms with E-state index in [1.807, 2.05) is 0 Å². The summed E-state index contributed by atoms with van der Waals surface area (Å²) in [4.78, 5) is 10.3. The summed E-state index contributed by atoms with van der Waals surface area (Å²) < 4.78 is 5.15. The number of carbonyl (C=O) groups is 1. The summed E-state index contributed by atoms with van der Waals surface area (Å²) in [6, 6.07) is 4.92. The Kier molecular flexibility index (Phi) is 4.35. The van der Waals surface area contributed by atoms with Crippen molar-refractivity contribution in [3.8, 4) is 5.75 Å². The Hall–Kier alpha value is -2.01. The summed E-state index contributed by atoms with van der Waals surface area (Å²) in [7, 11) is 0. The second kappa shape index (κ2) is 5.77. The van der Waals surface area contributed by atoms with Crippen LogP contribution in [0.2, 0.25) is 0 Å². The van der Waals surface area contributed by atoms with Crippen molar-refractivity contribution in [2.75, 3.05) is 18.9 Å². The minimum Gasteiger partial charge on any atom is -0.489 e. The van der Waals surface area contributed by atoms with Gasteiger partial charge in [-0.15, -0.1) is 0 Å². The maximum absolute atomic E-state index is 10.3. The highest BCUT2D eigenvalue weighted by molar-refractivity contribution is 5.85. The second-order valence-electron chi connectivity index (χ2n) is 3.04. The predicted molar refractivity (Wildman–Crippen MR) is 60.1 cm³/mol. The van der Waals surface area contributed by atoms with Crippen molar-refractivity contribution in [1.29, 1.82) is 0 Å². The van der Waals surface area contributed by atoms with Gasteiger partial charge in [0.1, 0.15) is 12.4 Å². The zero-order valence-corrected chi connectivity index (χ0v) is 8.59. The fraction of sp³-hybridized carbons (Fsp3) is 0.182. The molecule has 0 aliphatic carbocycles. The summed E-state index contributed by atoms with van der Waals surface area (Å²) in [5.41, 5.74) is 6.76. The van der Waals surface area contributed by atoms with Crippen LogP contribution in [0.15, 0.2) is 24.3 Å². The molecule has 1 rings (SSSR count). The molecule has 0 amide bonds. The number of anilines is 1. The molecule has 0 fully saturated rings. The van der Waals surface area contributed by atoms with Crippen molar-refractivity contribution < 1.29 is 19.7 Å². The molecule has 0 aliphatic rings. The van der Waals surface area contributed by atoms with Crippen LogP contribution in [-0.4, -0.2) is 29.4 Å². The Morgan fingerprint density at radius 2 is 2.25 bits per heavy atom. The first-order valence-electron chi connectivity index (χ1n) is 4.67. The van der Waals surface area contributed by atoms with Gasteiger partial charge in [-0.1, -0.05) is 6.07 Å². The van der Waals surface area contributed by atoms with Crippen LogP contribution < -0.4 is 10.5 Å². The van der Waals surface area contributed by atoms with E-state index in [1.54, 1.807) is 18.2 Å². The fourth-order valence-corrected chi connectivity index (χ4v) is 1.13. The van der Waals surface area contributed by atoms with Gasteiger partial charge in [-0.2, -0.15) is 0 Å². The van der Waals surface area contributed by atoms with Gasteiger partial charge in [0.05, 0.1) is 12.3 Å². The Bertz CT molecular complexity index is 401. The molecule has 0 aliphatic heterocycles. The first-order valence-corrected chi connectivity index (χ1v) is 4.67. The Labute approximate surface area is 92.8 Å². The van der Waals surface area contributed by atoms with Crippen LogP contribution in [0.4, 0.5) is 5.69 Å². The van der Waals surface area contributed by atoms with E-state index in [1.165, 1.54) is 6.08 Å². The minimum absolute atomic E-state index is 0.0832. The highest BCUT2D eigenvalue weighted by Crippen LogP contribution is 2.22. The highest BCUT2D eigenvalue weighted by Gasteiger charge is 2.00. The Morgan fingerprint density at radius 1 is 1.50 bits per heavy atom. The molecule has 5 nitrogen and oxygen atoms in total. The second-order valence-corrected chi connectivity index (χ2v) is 3.04. The molecular weight excluding hydrogens is 210 g/mol. The molecule has 1 aromatic carbocycles. The number of nitrogens with two attached hydrogens (primary N) is 1. The number of carboxylic acids is 1. The lowest BCUT2D eigenvalue weighted by molar-refractivity contribution is -0.131. The van der Waals surface area contributed by atoms with E-state index in [-0.39, 0.29) is 13.2 Å². The lowest BCUT2D eigenvalue weighted by atomic mass is 10.2. The number of rotatable bonds is 5. The monoisotopic (exact) mass is 223 g/mol. The quantitative estimate of drug-likeness (QED) is 0.505. The van der Waals surface area contributed by atoms with E-state index in [0.29, 0.717) is 17.0 Å². The van der Waals surface area contributed by atoms with Crippen molar-refractivity contribution >= 4 is 17.7 Å².